The lowest BCUT2D eigenvalue weighted by Crippen LogP contribution is -2.13. The lowest BCUT2D eigenvalue weighted by atomic mass is 10.1. The molecule has 0 saturated carbocycles. The zero-order valence-corrected chi connectivity index (χ0v) is 15.1. The van der Waals surface area contributed by atoms with Crippen LogP contribution in [0.4, 0.5) is 10.1 Å². The van der Waals surface area contributed by atoms with E-state index >= 15 is 0 Å². The third-order valence-electron chi connectivity index (χ3n) is 4.11. The van der Waals surface area contributed by atoms with Gasteiger partial charge < -0.3 is 14.8 Å². The van der Waals surface area contributed by atoms with Crippen LogP contribution in [0.2, 0.25) is 0 Å². The molecule has 5 nitrogen and oxygen atoms in total. The summed E-state index contributed by atoms with van der Waals surface area (Å²) >= 11 is 1.17. The Morgan fingerprint density at radius 3 is 2.56 bits per heavy atom. The van der Waals surface area contributed by atoms with Crippen molar-refractivity contribution in [2.24, 2.45) is 0 Å². The highest BCUT2D eigenvalue weighted by atomic mass is 32.1. The second-order valence-corrected chi connectivity index (χ2v) is 6.99. The molecule has 0 unspecified atom stereocenters. The highest BCUT2D eigenvalue weighted by Gasteiger charge is 2.21. The summed E-state index contributed by atoms with van der Waals surface area (Å²) in [6.45, 7) is 1.48. The lowest BCUT2D eigenvalue weighted by Gasteiger charge is -2.10. The van der Waals surface area contributed by atoms with Gasteiger partial charge in [0, 0.05) is 22.1 Å². The number of rotatable bonds is 4. The van der Waals surface area contributed by atoms with Crippen molar-refractivity contribution in [2.45, 2.75) is 6.92 Å². The van der Waals surface area contributed by atoms with E-state index in [0.717, 1.165) is 0 Å². The largest absolute Gasteiger partial charge is 0.454 e. The first-order valence-corrected chi connectivity index (χ1v) is 8.95. The van der Waals surface area contributed by atoms with Gasteiger partial charge in [-0.15, -0.1) is 11.3 Å². The van der Waals surface area contributed by atoms with Gasteiger partial charge in [0.25, 0.3) is 5.91 Å². The molecule has 1 N–H and O–H groups in total. The fourth-order valence-electron chi connectivity index (χ4n) is 2.79. The van der Waals surface area contributed by atoms with E-state index in [1.807, 2.05) is 0 Å². The molecule has 1 aliphatic heterocycles. The van der Waals surface area contributed by atoms with Crippen molar-refractivity contribution in [3.8, 4) is 21.9 Å². The summed E-state index contributed by atoms with van der Waals surface area (Å²) in [5.41, 5.74) is 1.12. The van der Waals surface area contributed by atoms with Crippen LogP contribution in [-0.4, -0.2) is 18.5 Å². The SMILES string of the molecule is CC(=O)c1cc2c(cc1NC(=O)c1ccc(-c3ccccc3F)s1)OCO2. The van der Waals surface area contributed by atoms with Crippen LogP contribution in [0.5, 0.6) is 11.5 Å². The molecule has 0 saturated heterocycles. The third-order valence-corrected chi connectivity index (χ3v) is 5.23. The summed E-state index contributed by atoms with van der Waals surface area (Å²) in [6.07, 6.45) is 0. The molecule has 1 aromatic heterocycles. The molecule has 3 aromatic rings. The maximum Gasteiger partial charge on any atom is 0.265 e. The fraction of sp³-hybridized carbons (Fsp3) is 0.100. The number of carbonyl (C=O) groups is 2. The van der Waals surface area contributed by atoms with Crippen LogP contribution in [0.25, 0.3) is 10.4 Å². The molecule has 1 aliphatic rings. The van der Waals surface area contributed by atoms with E-state index in [2.05, 4.69) is 5.32 Å². The van der Waals surface area contributed by atoms with Crippen LogP contribution >= 0.6 is 11.3 Å². The molecule has 0 bridgehead atoms. The van der Waals surface area contributed by atoms with Gasteiger partial charge in [-0.2, -0.15) is 0 Å². The maximum absolute atomic E-state index is 13.9. The minimum Gasteiger partial charge on any atom is -0.454 e. The highest BCUT2D eigenvalue weighted by Crippen LogP contribution is 2.38. The molecule has 2 aromatic carbocycles. The van der Waals surface area contributed by atoms with Crippen molar-refractivity contribution in [2.75, 3.05) is 12.1 Å². The molecule has 27 heavy (non-hydrogen) atoms. The van der Waals surface area contributed by atoms with Gasteiger partial charge in [0.2, 0.25) is 6.79 Å². The van der Waals surface area contributed by atoms with Gasteiger partial charge in [0.1, 0.15) is 5.82 Å². The average Bonchev–Trinajstić information content (AvgIpc) is 3.30. The Hall–Kier alpha value is -3.19. The van der Waals surface area contributed by atoms with Crippen LogP contribution in [0, 0.1) is 5.82 Å². The molecule has 0 atom stereocenters. The molecule has 4 rings (SSSR count). The standard InChI is InChI=1S/C20H14FNO4S/c1-11(23)13-8-16-17(26-10-25-16)9-15(13)22-20(24)19-7-6-18(27-19)12-4-2-3-5-14(12)21/h2-9H,10H2,1H3,(H,22,24). The number of benzene rings is 2. The van der Waals surface area contributed by atoms with E-state index in [9.17, 15) is 14.0 Å². The number of halogens is 1. The number of carbonyl (C=O) groups excluding carboxylic acids is 2. The van der Waals surface area contributed by atoms with Crippen LogP contribution in [0.3, 0.4) is 0 Å². The van der Waals surface area contributed by atoms with E-state index in [-0.39, 0.29) is 24.3 Å². The molecular weight excluding hydrogens is 369 g/mol. The number of Topliss-reactive ketones (excluding diaryl/α,β-unsaturated/α-hetero) is 1. The molecule has 7 heteroatoms. The van der Waals surface area contributed by atoms with Crippen molar-refractivity contribution in [3.05, 3.63) is 64.8 Å². The summed E-state index contributed by atoms with van der Waals surface area (Å²) in [6, 6.07) is 12.8. The Bertz CT molecular complexity index is 1060. The van der Waals surface area contributed by atoms with Gasteiger partial charge in [0.05, 0.1) is 10.6 Å². The molecular formula is C20H14FNO4S. The highest BCUT2D eigenvalue weighted by molar-refractivity contribution is 7.17. The normalized spacial score (nSPS) is 12.1. The van der Waals surface area contributed by atoms with Gasteiger partial charge in [0.15, 0.2) is 17.3 Å². The third kappa shape index (κ3) is 3.29. The van der Waals surface area contributed by atoms with Gasteiger partial charge in [-0.05, 0) is 31.2 Å². The number of hydrogen-bond donors (Lipinski definition) is 1. The number of ketones is 1. The smallest absolute Gasteiger partial charge is 0.265 e. The predicted molar refractivity (Wildman–Crippen MR) is 100 cm³/mol. The predicted octanol–water partition coefficient (Wildman–Crippen LogP) is 4.74. The second-order valence-electron chi connectivity index (χ2n) is 5.91. The first-order chi connectivity index (χ1) is 13.0. The number of thiophene rings is 1. The van der Waals surface area contributed by atoms with E-state index in [1.54, 1.807) is 42.5 Å². The Kier molecular flexibility index (Phi) is 4.37. The van der Waals surface area contributed by atoms with Gasteiger partial charge in [-0.3, -0.25) is 9.59 Å². The molecule has 1 amide bonds. The van der Waals surface area contributed by atoms with E-state index < -0.39 is 0 Å². The molecule has 0 fully saturated rings. The summed E-state index contributed by atoms with van der Waals surface area (Å²) in [5.74, 6) is -0.00332. The van der Waals surface area contributed by atoms with Crippen molar-refractivity contribution in [3.63, 3.8) is 0 Å². The Morgan fingerprint density at radius 2 is 1.81 bits per heavy atom. The average molecular weight is 383 g/mol. The summed E-state index contributed by atoms with van der Waals surface area (Å²) in [4.78, 5) is 25.6. The molecule has 0 aliphatic carbocycles. The van der Waals surface area contributed by atoms with Crippen LogP contribution in [-0.2, 0) is 0 Å². The van der Waals surface area contributed by atoms with Gasteiger partial charge >= 0.3 is 0 Å². The lowest BCUT2D eigenvalue weighted by molar-refractivity contribution is 0.101. The number of hydrogen-bond acceptors (Lipinski definition) is 5. The van der Waals surface area contributed by atoms with Crippen LogP contribution in [0.15, 0.2) is 48.5 Å². The minimum absolute atomic E-state index is 0.0704. The van der Waals surface area contributed by atoms with Gasteiger partial charge in [-0.25, -0.2) is 4.39 Å². The van der Waals surface area contributed by atoms with Crippen molar-refractivity contribution < 1.29 is 23.5 Å². The van der Waals surface area contributed by atoms with Crippen LogP contribution in [0.1, 0.15) is 27.0 Å². The first-order valence-electron chi connectivity index (χ1n) is 8.13. The summed E-state index contributed by atoms with van der Waals surface area (Å²) in [7, 11) is 0. The van der Waals surface area contributed by atoms with E-state index in [0.29, 0.717) is 38.1 Å². The summed E-state index contributed by atoms with van der Waals surface area (Å²) in [5, 5.41) is 2.74. The Labute approximate surface area is 158 Å². The number of anilines is 1. The maximum atomic E-state index is 13.9. The molecule has 2 heterocycles. The van der Waals surface area contributed by atoms with Crippen molar-refractivity contribution >= 4 is 28.7 Å². The zero-order valence-electron chi connectivity index (χ0n) is 14.2. The quantitative estimate of drug-likeness (QED) is 0.661. The molecule has 136 valence electrons. The number of amides is 1. The Morgan fingerprint density at radius 1 is 1.07 bits per heavy atom. The van der Waals surface area contributed by atoms with Crippen LogP contribution < -0.4 is 14.8 Å². The first kappa shape index (κ1) is 17.2. The van der Waals surface area contributed by atoms with Crippen molar-refractivity contribution in [1.82, 2.24) is 0 Å². The molecule has 0 spiro atoms. The zero-order chi connectivity index (χ0) is 19.0. The van der Waals surface area contributed by atoms with E-state index in [1.165, 1.54) is 24.3 Å². The number of nitrogens with one attached hydrogen (secondary N) is 1. The van der Waals surface area contributed by atoms with Gasteiger partial charge in [-0.1, -0.05) is 18.2 Å². The molecule has 0 radical (unpaired) electrons. The second kappa shape index (κ2) is 6.85. The minimum atomic E-state index is -0.385. The monoisotopic (exact) mass is 383 g/mol. The van der Waals surface area contributed by atoms with Crippen molar-refractivity contribution in [1.29, 1.82) is 0 Å². The number of ether oxygens (including phenoxy) is 2. The van der Waals surface area contributed by atoms with E-state index in [4.69, 9.17) is 9.47 Å². The topological polar surface area (TPSA) is 64.6 Å². The summed E-state index contributed by atoms with van der Waals surface area (Å²) < 4.78 is 24.5. The Balaban J connectivity index is 1.62. The fourth-order valence-corrected chi connectivity index (χ4v) is 3.71. The number of fused-ring (bicyclic) bond motifs is 1.